The molecule has 6 heteroatoms. The number of hydrogen-bond donors (Lipinski definition) is 3. The van der Waals surface area contributed by atoms with Crippen LogP contribution in [0.5, 0.6) is 5.75 Å². The number of aromatic nitrogens is 2. The van der Waals surface area contributed by atoms with Crippen LogP contribution in [0.25, 0.3) is 21.8 Å². The number of fused-ring (bicyclic) bond motifs is 2. The Morgan fingerprint density at radius 2 is 2.04 bits per heavy atom. The lowest BCUT2D eigenvalue weighted by molar-refractivity contribution is 0.0950. The summed E-state index contributed by atoms with van der Waals surface area (Å²) in [4.78, 5) is 18.5. The van der Waals surface area contributed by atoms with Gasteiger partial charge in [-0.3, -0.25) is 4.79 Å². The Morgan fingerprint density at radius 3 is 2.88 bits per heavy atom. The minimum Gasteiger partial charge on any atom is -0.496 e. The van der Waals surface area contributed by atoms with Gasteiger partial charge in [0.1, 0.15) is 17.3 Å². The topological polar surface area (TPSA) is 69.9 Å². The maximum Gasteiger partial charge on any atom is 0.267 e. The SMILES string of the molecule is COc1cccc2[nH]c(C(=O)NCCc3c[nH]c4c(F)cccc34)cc12. The molecule has 0 bridgehead atoms. The van der Waals surface area contributed by atoms with Crippen LogP contribution in [0.15, 0.2) is 48.7 Å². The van der Waals surface area contributed by atoms with Crippen LogP contribution >= 0.6 is 0 Å². The number of nitrogens with one attached hydrogen (secondary N) is 3. The molecule has 2 aromatic heterocycles. The van der Waals surface area contributed by atoms with Crippen LogP contribution < -0.4 is 10.1 Å². The molecule has 1 amide bonds. The van der Waals surface area contributed by atoms with Crippen LogP contribution in [0.3, 0.4) is 0 Å². The van der Waals surface area contributed by atoms with E-state index in [2.05, 4.69) is 15.3 Å². The number of para-hydroxylation sites is 1. The highest BCUT2D eigenvalue weighted by Crippen LogP contribution is 2.26. The number of aromatic amines is 2. The van der Waals surface area contributed by atoms with Crippen LogP contribution in [0.1, 0.15) is 16.1 Å². The second-order valence-corrected chi connectivity index (χ2v) is 6.09. The van der Waals surface area contributed by atoms with Crippen molar-refractivity contribution in [3.63, 3.8) is 0 Å². The summed E-state index contributed by atoms with van der Waals surface area (Å²) in [5.41, 5.74) is 2.80. The van der Waals surface area contributed by atoms with Crippen molar-refractivity contribution in [2.24, 2.45) is 0 Å². The van der Waals surface area contributed by atoms with Gasteiger partial charge < -0.3 is 20.0 Å². The van der Waals surface area contributed by atoms with Gasteiger partial charge in [0.2, 0.25) is 0 Å². The summed E-state index contributed by atoms with van der Waals surface area (Å²) < 4.78 is 19.0. The molecule has 0 spiro atoms. The smallest absolute Gasteiger partial charge is 0.267 e. The third-order valence-corrected chi connectivity index (χ3v) is 4.52. The molecule has 0 aliphatic heterocycles. The van der Waals surface area contributed by atoms with Gasteiger partial charge in [-0.15, -0.1) is 0 Å². The van der Waals surface area contributed by atoms with Crippen LogP contribution in [0, 0.1) is 5.82 Å². The first-order valence-electron chi connectivity index (χ1n) is 8.36. The molecule has 3 N–H and O–H groups in total. The molecular weight excluding hydrogens is 333 g/mol. The third kappa shape index (κ3) is 2.79. The molecule has 0 radical (unpaired) electrons. The van der Waals surface area contributed by atoms with Crippen molar-refractivity contribution in [1.82, 2.24) is 15.3 Å². The molecule has 0 saturated carbocycles. The van der Waals surface area contributed by atoms with Crippen molar-refractivity contribution in [1.29, 1.82) is 0 Å². The molecule has 0 aliphatic carbocycles. The van der Waals surface area contributed by atoms with E-state index in [-0.39, 0.29) is 11.7 Å². The van der Waals surface area contributed by atoms with Gasteiger partial charge >= 0.3 is 0 Å². The van der Waals surface area contributed by atoms with Gasteiger partial charge in [-0.2, -0.15) is 0 Å². The summed E-state index contributed by atoms with van der Waals surface area (Å²) in [6.45, 7) is 0.453. The number of benzene rings is 2. The Morgan fingerprint density at radius 1 is 1.19 bits per heavy atom. The van der Waals surface area contributed by atoms with E-state index in [0.717, 1.165) is 27.6 Å². The summed E-state index contributed by atoms with van der Waals surface area (Å²) in [5.74, 6) is 0.262. The fourth-order valence-electron chi connectivity index (χ4n) is 3.22. The minimum absolute atomic E-state index is 0.186. The molecule has 0 unspecified atom stereocenters. The molecular formula is C20H18FN3O2. The first-order chi connectivity index (χ1) is 12.7. The van der Waals surface area contributed by atoms with Crippen molar-refractivity contribution in [2.75, 3.05) is 13.7 Å². The molecule has 132 valence electrons. The molecule has 0 saturated heterocycles. The summed E-state index contributed by atoms with van der Waals surface area (Å²) in [6, 6.07) is 12.4. The van der Waals surface area contributed by atoms with Crippen molar-refractivity contribution in [3.8, 4) is 5.75 Å². The summed E-state index contributed by atoms with van der Waals surface area (Å²) in [6.07, 6.45) is 2.40. The average molecular weight is 351 g/mol. The van der Waals surface area contributed by atoms with Crippen LogP contribution in [-0.2, 0) is 6.42 Å². The molecule has 0 atom stereocenters. The largest absolute Gasteiger partial charge is 0.496 e. The zero-order chi connectivity index (χ0) is 18.1. The van der Waals surface area contributed by atoms with E-state index >= 15 is 0 Å². The number of carbonyl (C=O) groups excluding carboxylic acids is 1. The van der Waals surface area contributed by atoms with Crippen molar-refractivity contribution < 1.29 is 13.9 Å². The zero-order valence-electron chi connectivity index (χ0n) is 14.2. The standard InChI is InChI=1S/C20H18FN3O2/c1-26-18-7-3-6-16-14(18)10-17(24-16)20(25)22-9-8-12-11-23-19-13(12)4-2-5-15(19)21/h2-7,10-11,23-24H,8-9H2,1H3,(H,22,25). The lowest BCUT2D eigenvalue weighted by atomic mass is 10.1. The predicted octanol–water partition coefficient (Wildman–Crippen LogP) is 3.77. The van der Waals surface area contributed by atoms with E-state index in [0.29, 0.717) is 24.2 Å². The Labute approximate surface area is 149 Å². The number of rotatable bonds is 5. The Bertz CT molecular complexity index is 1100. The maximum absolute atomic E-state index is 13.7. The van der Waals surface area contributed by atoms with Gasteiger partial charge in [-0.05, 0) is 36.2 Å². The maximum atomic E-state index is 13.7. The van der Waals surface area contributed by atoms with Gasteiger partial charge in [0, 0.05) is 29.0 Å². The molecule has 4 aromatic rings. The molecule has 2 aromatic carbocycles. The lowest BCUT2D eigenvalue weighted by Gasteiger charge is -2.03. The third-order valence-electron chi connectivity index (χ3n) is 4.52. The number of ether oxygens (including phenoxy) is 1. The second-order valence-electron chi connectivity index (χ2n) is 6.09. The van der Waals surface area contributed by atoms with Crippen LogP contribution in [0.4, 0.5) is 4.39 Å². The Balaban J connectivity index is 1.46. The van der Waals surface area contributed by atoms with Gasteiger partial charge in [0.15, 0.2) is 0 Å². The number of carbonyl (C=O) groups is 1. The van der Waals surface area contributed by atoms with Gasteiger partial charge in [-0.1, -0.05) is 18.2 Å². The van der Waals surface area contributed by atoms with Gasteiger partial charge in [-0.25, -0.2) is 4.39 Å². The molecule has 2 heterocycles. The first-order valence-corrected chi connectivity index (χ1v) is 8.36. The van der Waals surface area contributed by atoms with Crippen molar-refractivity contribution in [2.45, 2.75) is 6.42 Å². The van der Waals surface area contributed by atoms with E-state index in [1.165, 1.54) is 6.07 Å². The first kappa shape index (κ1) is 16.2. The molecule has 26 heavy (non-hydrogen) atoms. The monoisotopic (exact) mass is 351 g/mol. The van der Waals surface area contributed by atoms with Crippen molar-refractivity contribution in [3.05, 3.63) is 65.7 Å². The fraction of sp³-hybridized carbons (Fsp3) is 0.150. The number of H-pyrrole nitrogens is 2. The van der Waals surface area contributed by atoms with Crippen molar-refractivity contribution >= 4 is 27.7 Å². The molecule has 0 fully saturated rings. The zero-order valence-corrected chi connectivity index (χ0v) is 14.2. The van der Waals surface area contributed by atoms with E-state index < -0.39 is 0 Å². The van der Waals surface area contributed by atoms with Crippen LogP contribution in [-0.4, -0.2) is 29.5 Å². The number of methoxy groups -OCH3 is 1. The normalized spacial score (nSPS) is 11.2. The molecule has 4 rings (SSSR count). The van der Waals surface area contributed by atoms with E-state index in [1.54, 1.807) is 25.4 Å². The highest BCUT2D eigenvalue weighted by molar-refractivity contribution is 5.99. The van der Waals surface area contributed by atoms with E-state index in [1.807, 2.05) is 24.3 Å². The molecule has 5 nitrogen and oxygen atoms in total. The average Bonchev–Trinajstić information content (AvgIpc) is 3.26. The Hall–Kier alpha value is -3.28. The highest BCUT2D eigenvalue weighted by Gasteiger charge is 2.12. The lowest BCUT2D eigenvalue weighted by Crippen LogP contribution is -2.25. The van der Waals surface area contributed by atoms with Gasteiger partial charge in [0.05, 0.1) is 12.6 Å². The second kappa shape index (κ2) is 6.55. The number of halogens is 1. The Kier molecular flexibility index (Phi) is 4.08. The molecule has 0 aliphatic rings. The number of hydrogen-bond acceptors (Lipinski definition) is 2. The number of amides is 1. The summed E-state index contributed by atoms with van der Waals surface area (Å²) in [7, 11) is 1.60. The highest BCUT2D eigenvalue weighted by atomic mass is 19.1. The minimum atomic E-state index is -0.273. The van der Waals surface area contributed by atoms with Crippen LogP contribution in [0.2, 0.25) is 0 Å². The van der Waals surface area contributed by atoms with Gasteiger partial charge in [0.25, 0.3) is 5.91 Å². The quantitative estimate of drug-likeness (QED) is 0.512. The van der Waals surface area contributed by atoms with E-state index in [9.17, 15) is 9.18 Å². The van der Waals surface area contributed by atoms with E-state index in [4.69, 9.17) is 4.74 Å². The fourth-order valence-corrected chi connectivity index (χ4v) is 3.22. The summed E-state index contributed by atoms with van der Waals surface area (Å²) >= 11 is 0. The predicted molar refractivity (Wildman–Crippen MR) is 99.1 cm³/mol. The summed E-state index contributed by atoms with van der Waals surface area (Å²) in [5, 5.41) is 4.61.